The molecule has 1 aromatic carbocycles. The lowest BCUT2D eigenvalue weighted by Gasteiger charge is -2.44. The number of fused-ring (bicyclic) bond motifs is 2. The van der Waals surface area contributed by atoms with Crippen molar-refractivity contribution in [3.63, 3.8) is 0 Å². The molecule has 2 aliphatic carbocycles. The summed E-state index contributed by atoms with van der Waals surface area (Å²) in [5.74, 6) is 0.886. The topological polar surface area (TPSA) is 12.0 Å². The van der Waals surface area contributed by atoms with Gasteiger partial charge in [0, 0.05) is 17.1 Å². The minimum atomic E-state index is 0.356. The predicted octanol–water partition coefficient (Wildman–Crippen LogP) is 5.21. The first-order chi connectivity index (χ1) is 9.33. The van der Waals surface area contributed by atoms with E-state index in [9.17, 15) is 0 Å². The van der Waals surface area contributed by atoms with Gasteiger partial charge in [-0.15, -0.1) is 0 Å². The third-order valence-corrected chi connectivity index (χ3v) is 6.27. The monoisotopic (exact) mass is 291 g/mol. The third kappa shape index (κ3) is 2.19. The second-order valence-electron chi connectivity index (χ2n) is 7.79. The number of rotatable bonds is 3. The molecule has 0 aliphatic heterocycles. The quantitative estimate of drug-likeness (QED) is 0.806. The minimum absolute atomic E-state index is 0.356. The van der Waals surface area contributed by atoms with Crippen molar-refractivity contribution in [2.75, 3.05) is 0 Å². The van der Waals surface area contributed by atoms with Crippen molar-refractivity contribution in [2.24, 2.45) is 16.7 Å². The Morgan fingerprint density at radius 3 is 2.65 bits per heavy atom. The molecule has 2 saturated carbocycles. The first-order valence-electron chi connectivity index (χ1n) is 7.84. The molecule has 1 nitrogen and oxygen atoms in total. The van der Waals surface area contributed by atoms with Gasteiger partial charge in [-0.05, 0) is 60.6 Å². The summed E-state index contributed by atoms with van der Waals surface area (Å²) in [6.45, 7) is 9.63. The van der Waals surface area contributed by atoms with Crippen LogP contribution in [-0.2, 0) is 0 Å². The van der Waals surface area contributed by atoms with Crippen LogP contribution in [0.2, 0.25) is 5.02 Å². The van der Waals surface area contributed by atoms with Gasteiger partial charge < -0.3 is 5.32 Å². The van der Waals surface area contributed by atoms with Crippen LogP contribution in [0.3, 0.4) is 0 Å². The zero-order valence-electron chi connectivity index (χ0n) is 13.0. The average molecular weight is 292 g/mol. The molecule has 1 N–H and O–H groups in total. The van der Waals surface area contributed by atoms with E-state index in [-0.39, 0.29) is 0 Å². The molecule has 0 radical (unpaired) electrons. The normalized spacial score (nSPS) is 36.2. The van der Waals surface area contributed by atoms with Gasteiger partial charge in [0.2, 0.25) is 0 Å². The fourth-order valence-corrected chi connectivity index (χ4v) is 5.04. The van der Waals surface area contributed by atoms with E-state index in [4.69, 9.17) is 11.6 Å². The summed E-state index contributed by atoms with van der Waals surface area (Å²) in [6, 6.07) is 9.20. The van der Waals surface area contributed by atoms with Crippen molar-refractivity contribution in [3.8, 4) is 0 Å². The summed E-state index contributed by atoms with van der Waals surface area (Å²) in [4.78, 5) is 0. The van der Waals surface area contributed by atoms with E-state index in [1.807, 2.05) is 12.1 Å². The maximum Gasteiger partial charge on any atom is 0.0409 e. The standard InChI is InChI=1S/C18H26ClN/c1-12(13-6-5-7-15(19)10-13)20-16-17(2,3)14-8-9-18(16,4)11-14/h5-7,10,12,14,16,20H,8-9,11H2,1-4H3. The zero-order valence-corrected chi connectivity index (χ0v) is 13.8. The molecule has 20 heavy (non-hydrogen) atoms. The van der Waals surface area contributed by atoms with Crippen LogP contribution in [0.15, 0.2) is 24.3 Å². The van der Waals surface area contributed by atoms with Gasteiger partial charge in [-0.2, -0.15) is 0 Å². The Balaban J connectivity index is 1.80. The van der Waals surface area contributed by atoms with E-state index in [1.165, 1.54) is 24.8 Å². The summed E-state index contributed by atoms with van der Waals surface area (Å²) in [5.41, 5.74) is 2.17. The number of benzene rings is 1. The molecule has 110 valence electrons. The van der Waals surface area contributed by atoms with Crippen LogP contribution in [-0.4, -0.2) is 6.04 Å². The Labute approximate surface area is 128 Å². The first kappa shape index (κ1) is 14.4. The molecule has 4 unspecified atom stereocenters. The number of hydrogen-bond acceptors (Lipinski definition) is 1. The van der Waals surface area contributed by atoms with Crippen molar-refractivity contribution in [1.29, 1.82) is 0 Å². The lowest BCUT2D eigenvalue weighted by Crippen LogP contribution is -2.50. The zero-order chi connectivity index (χ0) is 14.5. The van der Waals surface area contributed by atoms with Crippen molar-refractivity contribution in [1.82, 2.24) is 5.32 Å². The molecule has 2 aliphatic rings. The Hall–Kier alpha value is -0.530. The van der Waals surface area contributed by atoms with Crippen LogP contribution >= 0.6 is 11.6 Å². The highest BCUT2D eigenvalue weighted by Gasteiger charge is 2.59. The number of hydrogen-bond donors (Lipinski definition) is 1. The highest BCUT2D eigenvalue weighted by atomic mass is 35.5. The Kier molecular flexibility index (Phi) is 3.42. The van der Waals surface area contributed by atoms with Crippen LogP contribution in [0.25, 0.3) is 0 Å². The van der Waals surface area contributed by atoms with Crippen molar-refractivity contribution < 1.29 is 0 Å². The van der Waals surface area contributed by atoms with Gasteiger partial charge in [0.05, 0.1) is 0 Å². The Morgan fingerprint density at radius 2 is 2.05 bits per heavy atom. The van der Waals surface area contributed by atoms with Crippen LogP contribution in [0.5, 0.6) is 0 Å². The molecule has 2 fully saturated rings. The summed E-state index contributed by atoms with van der Waals surface area (Å²) >= 11 is 6.12. The van der Waals surface area contributed by atoms with Crippen molar-refractivity contribution in [2.45, 2.75) is 59.0 Å². The second-order valence-corrected chi connectivity index (χ2v) is 8.23. The molecule has 0 spiro atoms. The fraction of sp³-hybridized carbons (Fsp3) is 0.667. The Morgan fingerprint density at radius 1 is 1.30 bits per heavy atom. The molecule has 0 saturated heterocycles. The van der Waals surface area contributed by atoms with Crippen LogP contribution in [0.1, 0.15) is 58.6 Å². The molecular formula is C18H26ClN. The summed E-state index contributed by atoms with van der Waals surface area (Å²) in [5, 5.41) is 4.75. The van der Waals surface area contributed by atoms with Crippen molar-refractivity contribution >= 4 is 11.6 Å². The molecule has 0 heterocycles. The van der Waals surface area contributed by atoms with Gasteiger partial charge >= 0.3 is 0 Å². The highest BCUT2D eigenvalue weighted by molar-refractivity contribution is 6.30. The summed E-state index contributed by atoms with van der Waals surface area (Å²) < 4.78 is 0. The molecule has 2 heteroatoms. The lowest BCUT2D eigenvalue weighted by molar-refractivity contribution is 0.100. The molecule has 3 rings (SSSR count). The van der Waals surface area contributed by atoms with Gasteiger partial charge in [-0.25, -0.2) is 0 Å². The first-order valence-corrected chi connectivity index (χ1v) is 8.22. The van der Waals surface area contributed by atoms with Gasteiger partial charge in [0.1, 0.15) is 0 Å². The van der Waals surface area contributed by atoms with E-state index >= 15 is 0 Å². The maximum absolute atomic E-state index is 6.12. The van der Waals surface area contributed by atoms with Gasteiger partial charge in [-0.1, -0.05) is 44.5 Å². The number of halogens is 1. The minimum Gasteiger partial charge on any atom is -0.306 e. The highest BCUT2D eigenvalue weighted by Crippen LogP contribution is 2.62. The molecular weight excluding hydrogens is 266 g/mol. The SMILES string of the molecule is CC(NC1C2(C)CCC(C2)C1(C)C)c1cccc(Cl)c1. The maximum atomic E-state index is 6.12. The summed E-state index contributed by atoms with van der Waals surface area (Å²) in [7, 11) is 0. The lowest BCUT2D eigenvalue weighted by atomic mass is 9.68. The molecule has 0 amide bonds. The van der Waals surface area contributed by atoms with E-state index < -0.39 is 0 Å². The van der Waals surface area contributed by atoms with E-state index in [1.54, 1.807) is 0 Å². The van der Waals surface area contributed by atoms with E-state index in [2.05, 4.69) is 45.1 Å². The molecule has 4 atom stereocenters. The molecule has 2 bridgehead atoms. The van der Waals surface area contributed by atoms with Gasteiger partial charge in [0.25, 0.3) is 0 Å². The predicted molar refractivity (Wildman–Crippen MR) is 86.0 cm³/mol. The third-order valence-electron chi connectivity index (χ3n) is 6.04. The fourth-order valence-electron chi connectivity index (χ4n) is 4.84. The largest absolute Gasteiger partial charge is 0.306 e. The summed E-state index contributed by atoms with van der Waals surface area (Å²) in [6.07, 6.45) is 4.17. The van der Waals surface area contributed by atoms with E-state index in [0.717, 1.165) is 10.9 Å². The smallest absolute Gasteiger partial charge is 0.0409 e. The second kappa shape index (κ2) is 4.74. The van der Waals surface area contributed by atoms with Crippen LogP contribution in [0.4, 0.5) is 0 Å². The average Bonchev–Trinajstić information content (AvgIpc) is 2.85. The van der Waals surface area contributed by atoms with Crippen molar-refractivity contribution in [3.05, 3.63) is 34.9 Å². The molecule has 0 aromatic heterocycles. The van der Waals surface area contributed by atoms with Crippen LogP contribution < -0.4 is 5.32 Å². The number of nitrogens with one attached hydrogen (secondary N) is 1. The van der Waals surface area contributed by atoms with Crippen LogP contribution in [0, 0.1) is 16.7 Å². The Bertz CT molecular complexity index is 505. The molecule has 1 aromatic rings. The van der Waals surface area contributed by atoms with Gasteiger partial charge in [0.15, 0.2) is 0 Å². The van der Waals surface area contributed by atoms with Gasteiger partial charge in [-0.3, -0.25) is 0 Å². The van der Waals surface area contributed by atoms with E-state index in [0.29, 0.717) is 22.9 Å².